The molecule has 0 spiro atoms. The summed E-state index contributed by atoms with van der Waals surface area (Å²) in [5.41, 5.74) is 1.49. The van der Waals surface area contributed by atoms with Gasteiger partial charge in [-0.2, -0.15) is 10.4 Å². The topological polar surface area (TPSA) is 137 Å². The Morgan fingerprint density at radius 3 is 2.67 bits per heavy atom. The zero-order valence-electron chi connectivity index (χ0n) is 21.1. The van der Waals surface area contributed by atoms with Crippen LogP contribution in [0.3, 0.4) is 0 Å². The lowest BCUT2D eigenvalue weighted by molar-refractivity contribution is 0.102. The molecule has 4 aromatic carbocycles. The number of rotatable bonds is 6. The van der Waals surface area contributed by atoms with E-state index in [1.54, 1.807) is 54.3 Å². The van der Waals surface area contributed by atoms with Crippen LogP contribution in [-0.2, 0) is 0 Å². The number of ether oxygens (including phenoxy) is 1. The van der Waals surface area contributed by atoms with Gasteiger partial charge in [-0.25, -0.2) is 4.68 Å². The smallest absolute Gasteiger partial charge is 0.259 e. The number of hydrogen-bond acceptors (Lipinski definition) is 9. The Bertz CT molecular complexity index is 1800. The third-order valence-electron chi connectivity index (χ3n) is 6.35. The Hall–Kier alpha value is -5.34. The van der Waals surface area contributed by atoms with Crippen molar-refractivity contribution in [3.63, 3.8) is 0 Å². The monoisotopic (exact) mass is 547 g/mol. The Morgan fingerprint density at radius 1 is 1.12 bits per heavy atom. The molecule has 5 aromatic rings. The fourth-order valence-corrected chi connectivity index (χ4v) is 5.44. The van der Waals surface area contributed by atoms with Gasteiger partial charge in [0.05, 0.1) is 24.6 Å². The second kappa shape index (κ2) is 10.4. The third-order valence-corrected chi connectivity index (χ3v) is 7.50. The molecule has 1 unspecified atom stereocenters. The normalized spacial score (nSPS) is 14.1. The molecule has 0 aliphatic carbocycles. The van der Waals surface area contributed by atoms with Crippen LogP contribution < -0.4 is 15.4 Å². The van der Waals surface area contributed by atoms with Gasteiger partial charge in [0.1, 0.15) is 23.1 Å². The SMILES string of the molecule is COc1ccc(NC(=O)c2cc3ccccc3c(N=Nc3c(C#N)cnn3C3Nc4ccccc4S3)c2O)cc1. The van der Waals surface area contributed by atoms with Crippen LogP contribution in [-0.4, -0.2) is 27.9 Å². The maximum absolute atomic E-state index is 13.2. The number of thioether (sulfide) groups is 1. The second-order valence-electron chi connectivity index (χ2n) is 8.77. The lowest BCUT2D eigenvalue weighted by Crippen LogP contribution is -2.12. The van der Waals surface area contributed by atoms with E-state index < -0.39 is 5.91 Å². The van der Waals surface area contributed by atoms with Crippen LogP contribution in [0.15, 0.2) is 100 Å². The number of methoxy groups -OCH3 is 1. The third kappa shape index (κ3) is 4.57. The van der Waals surface area contributed by atoms with Gasteiger partial charge in [-0.3, -0.25) is 4.79 Å². The zero-order chi connectivity index (χ0) is 27.6. The molecule has 0 radical (unpaired) electrons. The molecule has 0 fully saturated rings. The molecule has 11 heteroatoms. The van der Waals surface area contributed by atoms with E-state index in [9.17, 15) is 15.2 Å². The van der Waals surface area contributed by atoms with Crippen molar-refractivity contribution in [3.8, 4) is 17.6 Å². The number of nitriles is 1. The first-order valence-electron chi connectivity index (χ1n) is 12.2. The van der Waals surface area contributed by atoms with Crippen LogP contribution >= 0.6 is 11.8 Å². The fraction of sp³-hybridized carbons (Fsp3) is 0.0690. The maximum atomic E-state index is 13.2. The molecule has 10 nitrogen and oxygen atoms in total. The summed E-state index contributed by atoms with van der Waals surface area (Å²) in [6, 6.07) is 25.6. The van der Waals surface area contributed by atoms with Gasteiger partial charge in [0.25, 0.3) is 5.91 Å². The molecule has 1 atom stereocenters. The van der Waals surface area contributed by atoms with Crippen LogP contribution in [0.4, 0.5) is 22.9 Å². The number of carbonyl (C=O) groups excluding carboxylic acids is 1. The Morgan fingerprint density at radius 2 is 1.90 bits per heavy atom. The molecule has 0 saturated heterocycles. The highest BCUT2D eigenvalue weighted by molar-refractivity contribution is 8.00. The highest BCUT2D eigenvalue weighted by Crippen LogP contribution is 2.46. The summed E-state index contributed by atoms with van der Waals surface area (Å²) < 4.78 is 6.74. The molecule has 0 saturated carbocycles. The Labute approximate surface area is 232 Å². The van der Waals surface area contributed by atoms with Crippen molar-refractivity contribution in [1.82, 2.24) is 9.78 Å². The molecule has 40 heavy (non-hydrogen) atoms. The summed E-state index contributed by atoms with van der Waals surface area (Å²) >= 11 is 1.53. The summed E-state index contributed by atoms with van der Waals surface area (Å²) in [6.07, 6.45) is 1.43. The fourth-order valence-electron chi connectivity index (χ4n) is 4.35. The van der Waals surface area contributed by atoms with Gasteiger partial charge < -0.3 is 20.5 Å². The highest BCUT2D eigenvalue weighted by Gasteiger charge is 2.27. The van der Waals surface area contributed by atoms with Crippen molar-refractivity contribution >= 4 is 51.3 Å². The number of nitrogens with zero attached hydrogens (tertiary/aromatic N) is 5. The zero-order valence-corrected chi connectivity index (χ0v) is 21.9. The summed E-state index contributed by atoms with van der Waals surface area (Å²) in [7, 11) is 1.56. The molecule has 0 bridgehead atoms. The number of anilines is 2. The average Bonchev–Trinajstić information content (AvgIpc) is 3.60. The first kappa shape index (κ1) is 25.0. The average molecular weight is 548 g/mol. The van der Waals surface area contributed by atoms with Crippen molar-refractivity contribution < 1.29 is 14.6 Å². The molecular weight excluding hydrogens is 526 g/mol. The van der Waals surface area contributed by atoms with E-state index in [1.165, 1.54) is 18.0 Å². The van der Waals surface area contributed by atoms with E-state index in [2.05, 4.69) is 32.0 Å². The molecule has 6 rings (SSSR count). The van der Waals surface area contributed by atoms with Crippen LogP contribution in [0.5, 0.6) is 11.5 Å². The number of azo groups is 1. The van der Waals surface area contributed by atoms with Crippen LogP contribution in [0.2, 0.25) is 0 Å². The number of aromatic hydroxyl groups is 1. The largest absolute Gasteiger partial charge is 0.505 e. The van der Waals surface area contributed by atoms with Crippen molar-refractivity contribution in [2.75, 3.05) is 17.7 Å². The van der Waals surface area contributed by atoms with E-state index >= 15 is 0 Å². The van der Waals surface area contributed by atoms with Gasteiger partial charge in [-0.15, -0.1) is 10.2 Å². The maximum Gasteiger partial charge on any atom is 0.259 e. The number of carbonyl (C=O) groups is 1. The van der Waals surface area contributed by atoms with Gasteiger partial charge in [0, 0.05) is 16.0 Å². The minimum absolute atomic E-state index is 0.0287. The van der Waals surface area contributed by atoms with E-state index in [0.717, 1.165) is 10.6 Å². The first-order chi connectivity index (χ1) is 19.6. The predicted molar refractivity (Wildman–Crippen MR) is 153 cm³/mol. The lowest BCUT2D eigenvalue weighted by Gasteiger charge is -2.13. The number of amides is 1. The number of phenolic OH excluding ortho intramolecular Hbond substituents is 1. The van der Waals surface area contributed by atoms with E-state index in [1.807, 2.05) is 36.4 Å². The minimum atomic E-state index is -0.517. The molecule has 2 heterocycles. The standard InChI is InChI=1S/C29H21N7O3S/c1-39-20-12-10-19(11-13-20)32-28(38)22-14-17-6-2-3-7-21(17)25(26(22)37)34-35-27-18(15-30)16-31-36(27)29-33-23-8-4-5-9-24(23)40-29/h2-14,16,29,33,37H,1H3,(H,32,38). The van der Waals surface area contributed by atoms with E-state index in [-0.39, 0.29) is 33.9 Å². The number of nitrogens with one attached hydrogen (secondary N) is 2. The molecule has 1 amide bonds. The molecule has 196 valence electrons. The number of phenols is 1. The summed E-state index contributed by atoms with van der Waals surface area (Å²) in [5, 5.41) is 41.5. The molecular formula is C29H21N7O3S. The second-order valence-corrected chi connectivity index (χ2v) is 9.90. The van der Waals surface area contributed by atoms with Crippen LogP contribution in [0.25, 0.3) is 10.8 Å². The van der Waals surface area contributed by atoms with Crippen molar-refractivity contribution in [1.29, 1.82) is 5.26 Å². The molecule has 1 aliphatic heterocycles. The Balaban J connectivity index is 1.37. The number of benzene rings is 4. The lowest BCUT2D eigenvalue weighted by atomic mass is 10.0. The number of aromatic nitrogens is 2. The predicted octanol–water partition coefficient (Wildman–Crippen LogP) is 6.96. The quantitative estimate of drug-likeness (QED) is 0.195. The minimum Gasteiger partial charge on any atom is -0.505 e. The van der Waals surface area contributed by atoms with Gasteiger partial charge in [-0.05, 0) is 47.9 Å². The van der Waals surface area contributed by atoms with Crippen molar-refractivity contribution in [3.05, 3.63) is 96.2 Å². The molecule has 3 N–H and O–H groups in total. The van der Waals surface area contributed by atoms with Gasteiger partial charge in [0.15, 0.2) is 17.1 Å². The summed E-state index contributed by atoms with van der Waals surface area (Å²) in [4.78, 5) is 14.3. The Kier molecular flexibility index (Phi) is 6.51. The highest BCUT2D eigenvalue weighted by atomic mass is 32.2. The first-order valence-corrected chi connectivity index (χ1v) is 13.1. The number of para-hydroxylation sites is 1. The van der Waals surface area contributed by atoms with Gasteiger partial charge in [-0.1, -0.05) is 48.2 Å². The van der Waals surface area contributed by atoms with Gasteiger partial charge in [0.2, 0.25) is 0 Å². The number of fused-ring (bicyclic) bond motifs is 2. The van der Waals surface area contributed by atoms with E-state index in [4.69, 9.17) is 4.74 Å². The molecule has 1 aliphatic rings. The van der Waals surface area contributed by atoms with Crippen LogP contribution in [0.1, 0.15) is 21.4 Å². The summed E-state index contributed by atoms with van der Waals surface area (Å²) in [5.74, 6) is 0.0212. The number of hydrogen-bond donors (Lipinski definition) is 3. The van der Waals surface area contributed by atoms with E-state index in [0.29, 0.717) is 22.2 Å². The van der Waals surface area contributed by atoms with Crippen LogP contribution in [0, 0.1) is 11.3 Å². The van der Waals surface area contributed by atoms with Gasteiger partial charge >= 0.3 is 0 Å². The van der Waals surface area contributed by atoms with Crippen molar-refractivity contribution in [2.45, 2.75) is 10.4 Å². The molecule has 1 aromatic heterocycles. The van der Waals surface area contributed by atoms with Crippen molar-refractivity contribution in [2.24, 2.45) is 10.2 Å². The summed E-state index contributed by atoms with van der Waals surface area (Å²) in [6.45, 7) is 0.